The maximum Gasteiger partial charge on any atom is 0.0508 e. The van der Waals surface area contributed by atoms with Crippen molar-refractivity contribution in [3.05, 3.63) is 60.7 Å². The Balaban J connectivity index is 1.11. The highest BCUT2D eigenvalue weighted by Gasteiger charge is 2.63. The van der Waals surface area contributed by atoms with Gasteiger partial charge < -0.3 is 4.57 Å². The first-order valence-electron chi connectivity index (χ1n) is 18.7. The predicted octanol–water partition coefficient (Wildman–Crippen LogP) is 12.0. The maximum absolute atomic E-state index is 2.93. The predicted molar refractivity (Wildman–Crippen MR) is 186 cm³/mol. The average Bonchev–Trinajstić information content (AvgIpc) is 3.63. The van der Waals surface area contributed by atoms with E-state index < -0.39 is 0 Å². The number of aromatic nitrogens is 1. The van der Waals surface area contributed by atoms with Crippen molar-refractivity contribution in [2.24, 2.45) is 59.2 Å². The molecular formula is C42H47NS. The molecule has 8 unspecified atom stereocenters. The van der Waals surface area contributed by atoms with Crippen LogP contribution in [0.2, 0.25) is 0 Å². The van der Waals surface area contributed by atoms with Gasteiger partial charge in [-0.15, -0.1) is 11.3 Å². The first kappa shape index (κ1) is 25.8. The molecule has 3 aromatic carbocycles. The van der Waals surface area contributed by atoms with Crippen LogP contribution >= 0.6 is 11.3 Å². The van der Waals surface area contributed by atoms with Crippen LogP contribution in [0.5, 0.6) is 0 Å². The Kier molecular flexibility index (Phi) is 5.63. The minimum atomic E-state index is 0.650. The molecule has 5 aromatic rings. The van der Waals surface area contributed by atoms with Crippen molar-refractivity contribution in [1.29, 1.82) is 0 Å². The van der Waals surface area contributed by atoms with Gasteiger partial charge in [-0.25, -0.2) is 0 Å². The quantitative estimate of drug-likeness (QED) is 0.181. The topological polar surface area (TPSA) is 4.93 Å². The van der Waals surface area contributed by atoms with E-state index in [1.54, 1.807) is 44.9 Å². The summed E-state index contributed by atoms with van der Waals surface area (Å²) >= 11 is 2.02. The van der Waals surface area contributed by atoms with E-state index in [4.69, 9.17) is 0 Å². The number of nitrogens with zero attached hydrogens (tertiary/aromatic N) is 1. The molecule has 2 aromatic heterocycles. The number of fused-ring (bicyclic) bond motifs is 13. The van der Waals surface area contributed by atoms with Crippen LogP contribution in [-0.4, -0.2) is 4.57 Å². The lowest BCUT2D eigenvalue weighted by Gasteiger charge is -2.68. The zero-order valence-corrected chi connectivity index (χ0v) is 27.0. The maximum atomic E-state index is 2.93. The molecule has 0 spiro atoms. The Morgan fingerprint density at radius 2 is 1.05 bits per heavy atom. The van der Waals surface area contributed by atoms with E-state index in [0.717, 1.165) is 59.2 Å². The van der Waals surface area contributed by atoms with Gasteiger partial charge in [-0.1, -0.05) is 74.6 Å². The molecule has 6 fully saturated rings. The summed E-state index contributed by atoms with van der Waals surface area (Å²) in [5.41, 5.74) is 3.03. The van der Waals surface area contributed by atoms with Crippen LogP contribution in [0.25, 0.3) is 42.0 Å². The second kappa shape index (κ2) is 9.60. The molecular weight excluding hydrogens is 551 g/mol. The molecule has 8 atom stereocenters. The molecule has 2 heteroatoms. The third-order valence-electron chi connectivity index (χ3n) is 15.1. The fourth-order valence-electron chi connectivity index (χ4n) is 14.1. The van der Waals surface area contributed by atoms with Crippen molar-refractivity contribution in [1.82, 2.24) is 4.57 Å². The average molecular weight is 598 g/mol. The summed E-state index contributed by atoms with van der Waals surface area (Å²) in [6, 6.07) is 24.3. The summed E-state index contributed by atoms with van der Waals surface area (Å²) in [6.07, 6.45) is 19.9. The van der Waals surface area contributed by atoms with Crippen LogP contribution in [0.3, 0.4) is 0 Å². The Morgan fingerprint density at radius 3 is 1.75 bits per heavy atom. The highest BCUT2D eigenvalue weighted by atomic mass is 32.1. The zero-order valence-electron chi connectivity index (χ0n) is 26.2. The lowest BCUT2D eigenvalue weighted by atomic mass is 9.37. The van der Waals surface area contributed by atoms with E-state index >= 15 is 0 Å². The van der Waals surface area contributed by atoms with Crippen molar-refractivity contribution >= 4 is 53.3 Å². The molecule has 0 radical (unpaired) electrons. The van der Waals surface area contributed by atoms with Gasteiger partial charge in [0, 0.05) is 42.5 Å². The van der Waals surface area contributed by atoms with E-state index in [2.05, 4.69) is 65.2 Å². The minimum absolute atomic E-state index is 0.650. The number of para-hydroxylation sites is 1. The summed E-state index contributed by atoms with van der Waals surface area (Å²) in [6.45, 7) is 0. The molecule has 0 amide bonds. The van der Waals surface area contributed by atoms with Crippen LogP contribution in [0, 0.1) is 59.2 Å². The number of rotatable bonds is 1. The van der Waals surface area contributed by atoms with Gasteiger partial charge >= 0.3 is 0 Å². The summed E-state index contributed by atoms with van der Waals surface area (Å²) in [4.78, 5) is 0. The van der Waals surface area contributed by atoms with Crippen LogP contribution in [0.4, 0.5) is 0 Å². The molecule has 44 heavy (non-hydrogen) atoms. The zero-order chi connectivity index (χ0) is 28.5. The van der Waals surface area contributed by atoms with Crippen molar-refractivity contribution < 1.29 is 0 Å². The number of hydrogen-bond acceptors (Lipinski definition) is 1. The van der Waals surface area contributed by atoms with Gasteiger partial charge in [0.15, 0.2) is 0 Å². The molecule has 0 bridgehead atoms. The SMILES string of the molecule is c1ccc2c(c1)sc1c2ccc2c1c1ccccc1n2C1CC2C3CCCCC3C3CCCC4C5CCCCC5C(C1)C2C34. The fourth-order valence-corrected chi connectivity index (χ4v) is 15.3. The summed E-state index contributed by atoms with van der Waals surface area (Å²) in [7, 11) is 0. The molecule has 11 rings (SSSR count). The first-order chi connectivity index (χ1) is 21.8. The number of thiophene rings is 1. The molecule has 6 aliphatic rings. The third kappa shape index (κ3) is 3.37. The molecule has 6 saturated carbocycles. The van der Waals surface area contributed by atoms with E-state index in [1.807, 2.05) is 11.3 Å². The Bertz CT molecular complexity index is 1870. The monoisotopic (exact) mass is 597 g/mol. The van der Waals surface area contributed by atoms with Gasteiger partial charge in [0.1, 0.15) is 0 Å². The van der Waals surface area contributed by atoms with Crippen LogP contribution < -0.4 is 0 Å². The number of benzene rings is 3. The van der Waals surface area contributed by atoms with E-state index in [0.29, 0.717) is 6.04 Å². The fraction of sp³-hybridized carbons (Fsp3) is 0.571. The highest BCUT2D eigenvalue weighted by molar-refractivity contribution is 7.26. The second-order valence-corrected chi connectivity index (χ2v) is 17.5. The van der Waals surface area contributed by atoms with Gasteiger partial charge in [-0.2, -0.15) is 0 Å². The first-order valence-corrected chi connectivity index (χ1v) is 19.5. The van der Waals surface area contributed by atoms with E-state index in [1.165, 1.54) is 80.5 Å². The third-order valence-corrected chi connectivity index (χ3v) is 16.3. The highest BCUT2D eigenvalue weighted by Crippen LogP contribution is 2.70. The van der Waals surface area contributed by atoms with Gasteiger partial charge in [0.2, 0.25) is 0 Å². The van der Waals surface area contributed by atoms with Gasteiger partial charge in [0.25, 0.3) is 0 Å². The van der Waals surface area contributed by atoms with E-state index in [9.17, 15) is 0 Å². The Morgan fingerprint density at radius 1 is 0.477 bits per heavy atom. The van der Waals surface area contributed by atoms with Gasteiger partial charge in [-0.05, 0) is 129 Å². The van der Waals surface area contributed by atoms with Gasteiger partial charge in [0.05, 0.1) is 5.52 Å². The van der Waals surface area contributed by atoms with Gasteiger partial charge in [-0.3, -0.25) is 0 Å². The van der Waals surface area contributed by atoms with Crippen molar-refractivity contribution in [2.75, 3.05) is 0 Å². The molecule has 0 N–H and O–H groups in total. The van der Waals surface area contributed by atoms with Crippen molar-refractivity contribution in [3.63, 3.8) is 0 Å². The second-order valence-electron chi connectivity index (χ2n) is 16.4. The van der Waals surface area contributed by atoms with Crippen molar-refractivity contribution in [2.45, 2.75) is 89.5 Å². The largest absolute Gasteiger partial charge is 0.337 e. The molecule has 6 aliphatic carbocycles. The van der Waals surface area contributed by atoms with Crippen LogP contribution in [-0.2, 0) is 0 Å². The molecule has 226 valence electrons. The lowest BCUT2D eigenvalue weighted by molar-refractivity contribution is -0.192. The molecule has 2 heterocycles. The Hall–Kier alpha value is -2.32. The molecule has 0 saturated heterocycles. The lowest BCUT2D eigenvalue weighted by Crippen LogP contribution is -2.62. The van der Waals surface area contributed by atoms with Crippen LogP contribution in [0.1, 0.15) is 89.5 Å². The summed E-state index contributed by atoms with van der Waals surface area (Å²) in [5.74, 6) is 10.4. The smallest absolute Gasteiger partial charge is 0.0508 e. The standard InChI is InChI=1S/C42H47NS/c1-3-12-27-25(10-1)30-16-9-17-31-26-11-2-4-13-28(26)35-23-24(22-34(27)40(35)39(30)31)43-36-18-7-5-15-33(36)41-37(43)21-20-32-29-14-6-8-19-38(29)44-42(32)41/h5-8,14-15,18-21,24-28,30-31,34-35,39-40H,1-4,9-13,16-17,22-23H2. The normalized spacial score (nSPS) is 39.8. The minimum Gasteiger partial charge on any atom is -0.337 e. The van der Waals surface area contributed by atoms with E-state index in [-0.39, 0.29) is 0 Å². The summed E-state index contributed by atoms with van der Waals surface area (Å²) in [5, 5.41) is 5.91. The van der Waals surface area contributed by atoms with Crippen LogP contribution in [0.15, 0.2) is 60.7 Å². The number of hydrogen-bond donors (Lipinski definition) is 0. The Labute approximate surface area is 266 Å². The molecule has 1 nitrogen and oxygen atoms in total. The van der Waals surface area contributed by atoms with Crippen molar-refractivity contribution in [3.8, 4) is 0 Å². The molecule has 0 aliphatic heterocycles. The summed E-state index contributed by atoms with van der Waals surface area (Å²) < 4.78 is 5.87.